The molecule has 2 aromatic carbocycles. The predicted molar refractivity (Wildman–Crippen MR) is 141 cm³/mol. The average molecular weight is 512 g/mol. The van der Waals surface area contributed by atoms with Gasteiger partial charge in [-0.3, -0.25) is 14.4 Å². The Morgan fingerprint density at radius 2 is 1.83 bits per heavy atom. The van der Waals surface area contributed by atoms with Crippen LogP contribution in [0.5, 0.6) is 0 Å². The van der Waals surface area contributed by atoms with Gasteiger partial charge in [0.25, 0.3) is 0 Å². The molecule has 3 aromatic rings. The predicted octanol–water partition coefficient (Wildman–Crippen LogP) is 5.98. The highest BCUT2D eigenvalue weighted by atomic mass is 32.2. The van der Waals surface area contributed by atoms with E-state index in [0.29, 0.717) is 24.4 Å². The topological polar surface area (TPSA) is 108 Å². The summed E-state index contributed by atoms with van der Waals surface area (Å²) in [5, 5.41) is 15.4. The van der Waals surface area contributed by atoms with Crippen molar-refractivity contribution in [2.24, 2.45) is 11.8 Å². The lowest BCUT2D eigenvalue weighted by atomic mass is 9.78. The van der Waals surface area contributed by atoms with Crippen LogP contribution in [0.4, 0.5) is 11.4 Å². The van der Waals surface area contributed by atoms with Crippen LogP contribution in [-0.2, 0) is 14.4 Å². The molecule has 1 heterocycles. The summed E-state index contributed by atoms with van der Waals surface area (Å²) < 4.78 is 1.67. The van der Waals surface area contributed by atoms with Gasteiger partial charge in [0.2, 0.25) is 11.8 Å². The molecular formula is C26H29N3O4S2. The number of thiazole rings is 1. The molecule has 1 aliphatic carbocycles. The maximum Gasteiger partial charge on any atom is 0.307 e. The minimum atomic E-state index is -0.902. The molecule has 9 heteroatoms. The number of aliphatic carboxylic acids is 1. The molecule has 0 saturated heterocycles. The lowest BCUT2D eigenvalue weighted by molar-refractivity contribution is -0.147. The first-order valence-electron chi connectivity index (χ1n) is 11.8. The summed E-state index contributed by atoms with van der Waals surface area (Å²) in [5.74, 6) is -1.81. The molecule has 2 amide bonds. The fourth-order valence-corrected chi connectivity index (χ4v) is 6.35. The number of thioether (sulfide) groups is 1. The van der Waals surface area contributed by atoms with Crippen LogP contribution in [0.3, 0.4) is 0 Å². The standard InChI is InChI=1S/C26H29N3O4S2/c1-15(2)17-7-5-6-10-20(17)28-23(30)14-34-26-29-21-12-11-16(13-22(21)35-26)27-24(31)18-8-3-4-9-19(18)25(32)33/h5-7,10-13,15,18-19H,3-4,8-9,14H2,1-2H3,(H,27,31)(H,28,30)(H,32,33)/t18-,19+/m0/s1. The Kier molecular flexibility index (Phi) is 8.07. The second kappa shape index (κ2) is 11.2. The van der Waals surface area contributed by atoms with Gasteiger partial charge < -0.3 is 15.7 Å². The molecule has 0 radical (unpaired) electrons. The van der Waals surface area contributed by atoms with Crippen LogP contribution in [0.1, 0.15) is 51.0 Å². The van der Waals surface area contributed by atoms with Crippen molar-refractivity contribution in [1.29, 1.82) is 0 Å². The van der Waals surface area contributed by atoms with E-state index in [-0.39, 0.29) is 17.6 Å². The minimum Gasteiger partial charge on any atom is -0.481 e. The number of carbonyl (C=O) groups is 3. The molecule has 184 valence electrons. The third-order valence-electron chi connectivity index (χ3n) is 6.24. The maximum atomic E-state index is 12.8. The number of benzene rings is 2. The number of carboxylic acids is 1. The van der Waals surface area contributed by atoms with Gasteiger partial charge in [-0.25, -0.2) is 4.98 Å². The number of anilines is 2. The highest BCUT2D eigenvalue weighted by Gasteiger charge is 2.35. The number of amides is 2. The Balaban J connectivity index is 1.38. The number of rotatable bonds is 8. The number of para-hydroxylation sites is 1. The van der Waals surface area contributed by atoms with Gasteiger partial charge in [0.1, 0.15) is 0 Å². The number of carbonyl (C=O) groups excluding carboxylic acids is 2. The van der Waals surface area contributed by atoms with E-state index in [0.717, 1.165) is 38.6 Å². The summed E-state index contributed by atoms with van der Waals surface area (Å²) in [6.07, 6.45) is 2.85. The number of nitrogens with one attached hydrogen (secondary N) is 2. The van der Waals surface area contributed by atoms with Gasteiger partial charge in [0.15, 0.2) is 4.34 Å². The molecule has 4 rings (SSSR count). The molecule has 3 N–H and O–H groups in total. The zero-order valence-corrected chi connectivity index (χ0v) is 21.4. The van der Waals surface area contributed by atoms with Crippen LogP contribution in [0.2, 0.25) is 0 Å². The van der Waals surface area contributed by atoms with Gasteiger partial charge in [0.05, 0.1) is 27.8 Å². The molecular weight excluding hydrogens is 482 g/mol. The van der Waals surface area contributed by atoms with E-state index in [1.165, 1.54) is 23.1 Å². The van der Waals surface area contributed by atoms with E-state index in [9.17, 15) is 19.5 Å². The zero-order valence-electron chi connectivity index (χ0n) is 19.7. The van der Waals surface area contributed by atoms with Crippen LogP contribution >= 0.6 is 23.1 Å². The van der Waals surface area contributed by atoms with Crippen LogP contribution in [0.15, 0.2) is 46.8 Å². The number of fused-ring (bicyclic) bond motifs is 1. The number of hydrogen-bond acceptors (Lipinski definition) is 6. The van der Waals surface area contributed by atoms with Crippen LogP contribution in [-0.4, -0.2) is 33.6 Å². The second-order valence-corrected chi connectivity index (χ2v) is 11.3. The van der Waals surface area contributed by atoms with E-state index in [1.807, 2.05) is 36.4 Å². The molecule has 1 aromatic heterocycles. The second-order valence-electron chi connectivity index (χ2n) is 9.07. The third kappa shape index (κ3) is 6.21. The number of carboxylic acid groups (broad SMARTS) is 1. The highest BCUT2D eigenvalue weighted by molar-refractivity contribution is 8.01. The molecule has 35 heavy (non-hydrogen) atoms. The van der Waals surface area contributed by atoms with E-state index >= 15 is 0 Å². The normalized spacial score (nSPS) is 17.9. The Bertz CT molecular complexity index is 1240. The van der Waals surface area contributed by atoms with E-state index in [2.05, 4.69) is 29.5 Å². The molecule has 1 aliphatic rings. The number of hydrogen-bond donors (Lipinski definition) is 3. The highest BCUT2D eigenvalue weighted by Crippen LogP contribution is 2.34. The lowest BCUT2D eigenvalue weighted by Gasteiger charge is -2.27. The van der Waals surface area contributed by atoms with Crippen molar-refractivity contribution in [2.75, 3.05) is 16.4 Å². The monoisotopic (exact) mass is 511 g/mol. The van der Waals surface area contributed by atoms with Crippen molar-refractivity contribution < 1.29 is 19.5 Å². The largest absolute Gasteiger partial charge is 0.481 e. The SMILES string of the molecule is CC(C)c1ccccc1NC(=O)CSc1nc2ccc(NC(=O)[C@H]3CCCC[C@H]3C(=O)O)cc2s1. The first-order chi connectivity index (χ1) is 16.8. The Hall–Kier alpha value is -2.91. The summed E-state index contributed by atoms with van der Waals surface area (Å²) >= 11 is 2.84. The lowest BCUT2D eigenvalue weighted by Crippen LogP contribution is -2.36. The molecule has 7 nitrogen and oxygen atoms in total. The van der Waals surface area contributed by atoms with Crippen molar-refractivity contribution in [1.82, 2.24) is 4.98 Å². The fraction of sp³-hybridized carbons (Fsp3) is 0.385. The van der Waals surface area contributed by atoms with Gasteiger partial charge in [-0.2, -0.15) is 0 Å². The van der Waals surface area contributed by atoms with Crippen LogP contribution in [0.25, 0.3) is 10.2 Å². The summed E-state index contributed by atoms with van der Waals surface area (Å²) in [7, 11) is 0. The van der Waals surface area contributed by atoms with Gasteiger partial charge in [0, 0.05) is 11.4 Å². The quantitative estimate of drug-likeness (QED) is 0.321. The third-order valence-corrected chi connectivity index (χ3v) is 8.40. The Labute approximate surface area is 212 Å². The van der Waals surface area contributed by atoms with E-state index in [4.69, 9.17) is 0 Å². The first kappa shape index (κ1) is 25.2. The smallest absolute Gasteiger partial charge is 0.307 e. The molecule has 1 fully saturated rings. The van der Waals surface area contributed by atoms with Crippen molar-refractivity contribution in [3.63, 3.8) is 0 Å². The van der Waals surface area contributed by atoms with Crippen molar-refractivity contribution in [2.45, 2.75) is 49.8 Å². The van der Waals surface area contributed by atoms with Gasteiger partial charge in [-0.05, 0) is 48.6 Å². The van der Waals surface area contributed by atoms with Crippen LogP contribution in [0, 0.1) is 11.8 Å². The van der Waals surface area contributed by atoms with Gasteiger partial charge >= 0.3 is 5.97 Å². The van der Waals surface area contributed by atoms with Crippen molar-refractivity contribution in [3.8, 4) is 0 Å². The summed E-state index contributed by atoms with van der Waals surface area (Å²) in [5.41, 5.74) is 3.35. The van der Waals surface area contributed by atoms with Crippen LogP contribution < -0.4 is 10.6 Å². The molecule has 1 saturated carbocycles. The first-order valence-corrected chi connectivity index (χ1v) is 13.6. The van der Waals surface area contributed by atoms with Crippen molar-refractivity contribution in [3.05, 3.63) is 48.0 Å². The Morgan fingerprint density at radius 1 is 1.09 bits per heavy atom. The Morgan fingerprint density at radius 3 is 2.57 bits per heavy atom. The summed E-state index contributed by atoms with van der Waals surface area (Å²) in [6, 6.07) is 13.3. The molecule has 0 unspecified atom stereocenters. The maximum absolute atomic E-state index is 12.8. The zero-order chi connectivity index (χ0) is 24.9. The van der Waals surface area contributed by atoms with Gasteiger partial charge in [-0.1, -0.05) is 56.7 Å². The summed E-state index contributed by atoms with van der Waals surface area (Å²) in [6.45, 7) is 4.19. The fourth-order valence-electron chi connectivity index (χ4n) is 4.45. The van der Waals surface area contributed by atoms with E-state index < -0.39 is 17.8 Å². The number of aromatic nitrogens is 1. The van der Waals surface area contributed by atoms with Gasteiger partial charge in [-0.15, -0.1) is 11.3 Å². The molecule has 2 atom stereocenters. The summed E-state index contributed by atoms with van der Waals surface area (Å²) in [4.78, 5) is 41.4. The molecule has 0 spiro atoms. The average Bonchev–Trinajstić information content (AvgIpc) is 3.25. The minimum absolute atomic E-state index is 0.0872. The number of nitrogens with zero attached hydrogens (tertiary/aromatic N) is 1. The molecule has 0 aliphatic heterocycles. The van der Waals surface area contributed by atoms with E-state index in [1.54, 1.807) is 6.07 Å². The molecule has 0 bridgehead atoms. The van der Waals surface area contributed by atoms with Crippen molar-refractivity contribution >= 4 is 62.5 Å².